The molecule has 1 fully saturated rings. The topological polar surface area (TPSA) is 28.2 Å². The van der Waals surface area contributed by atoms with Crippen LogP contribution in [0.4, 0.5) is 0 Å². The van der Waals surface area contributed by atoms with Crippen LogP contribution in [0.5, 0.6) is 0 Å². The molecule has 0 amide bonds. The van der Waals surface area contributed by atoms with Gasteiger partial charge in [0, 0.05) is 30.4 Å². The van der Waals surface area contributed by atoms with Crippen LogP contribution in [0.15, 0.2) is 0 Å². The van der Waals surface area contributed by atoms with Gasteiger partial charge >= 0.3 is 0 Å². The van der Waals surface area contributed by atoms with Crippen LogP contribution in [0.1, 0.15) is 42.3 Å². The molecule has 1 aliphatic carbocycles. The van der Waals surface area contributed by atoms with Crippen molar-refractivity contribution < 1.29 is 0 Å². The van der Waals surface area contributed by atoms with Gasteiger partial charge in [-0.25, -0.2) is 4.98 Å². The predicted molar refractivity (Wildman–Crippen MR) is 82.8 cm³/mol. The first kappa shape index (κ1) is 14.9. The van der Waals surface area contributed by atoms with E-state index in [4.69, 9.17) is 4.98 Å². The minimum absolute atomic E-state index is 0.684. The molecule has 0 aliphatic heterocycles. The average molecular weight is 281 g/mol. The van der Waals surface area contributed by atoms with Gasteiger partial charge in [0.15, 0.2) is 0 Å². The second-order valence-electron chi connectivity index (χ2n) is 6.28. The van der Waals surface area contributed by atoms with Gasteiger partial charge < -0.3 is 10.2 Å². The lowest BCUT2D eigenvalue weighted by atomic mass is 10.1. The summed E-state index contributed by atoms with van der Waals surface area (Å²) in [6.07, 6.45) is 4.89. The zero-order valence-electron chi connectivity index (χ0n) is 12.7. The van der Waals surface area contributed by atoms with Crippen LogP contribution in [0.25, 0.3) is 0 Å². The maximum atomic E-state index is 4.87. The minimum Gasteiger partial charge on any atom is -0.309 e. The van der Waals surface area contributed by atoms with E-state index >= 15 is 0 Å². The highest BCUT2D eigenvalue weighted by atomic mass is 32.1. The van der Waals surface area contributed by atoms with Gasteiger partial charge in [0.2, 0.25) is 0 Å². The molecule has 3 nitrogen and oxygen atoms in total. The summed E-state index contributed by atoms with van der Waals surface area (Å²) in [5.41, 5.74) is 1.34. The summed E-state index contributed by atoms with van der Waals surface area (Å²) in [4.78, 5) is 8.57. The monoisotopic (exact) mass is 281 g/mol. The van der Waals surface area contributed by atoms with E-state index in [0.717, 1.165) is 32.0 Å². The van der Waals surface area contributed by atoms with Crippen molar-refractivity contribution in [2.75, 3.05) is 20.6 Å². The third kappa shape index (κ3) is 5.21. The first-order chi connectivity index (χ1) is 9.04. The minimum atomic E-state index is 0.684. The Morgan fingerprint density at radius 1 is 1.37 bits per heavy atom. The Bertz CT molecular complexity index is 394. The van der Waals surface area contributed by atoms with Crippen molar-refractivity contribution in [2.24, 2.45) is 5.92 Å². The zero-order chi connectivity index (χ0) is 13.8. The van der Waals surface area contributed by atoms with Crippen LogP contribution in [0.2, 0.25) is 0 Å². The van der Waals surface area contributed by atoms with Crippen molar-refractivity contribution in [3.63, 3.8) is 0 Å². The molecule has 0 unspecified atom stereocenters. The third-order valence-electron chi connectivity index (χ3n) is 3.33. The van der Waals surface area contributed by atoms with Crippen molar-refractivity contribution in [2.45, 2.75) is 52.1 Å². The van der Waals surface area contributed by atoms with Crippen molar-refractivity contribution in [3.05, 3.63) is 15.6 Å². The summed E-state index contributed by atoms with van der Waals surface area (Å²) in [5, 5.41) is 4.93. The molecule has 0 aromatic carbocycles. The van der Waals surface area contributed by atoms with Crippen LogP contribution >= 0.6 is 11.3 Å². The number of likely N-dealkylation sites (N-methyl/N-ethyl adjacent to an activating group) is 1. The Kier molecular flexibility index (Phi) is 5.37. The normalized spacial score (nSPS) is 15.7. The lowest BCUT2D eigenvalue weighted by Crippen LogP contribution is -2.15. The summed E-state index contributed by atoms with van der Waals surface area (Å²) < 4.78 is 0. The molecular weight excluding hydrogens is 254 g/mol. The van der Waals surface area contributed by atoms with E-state index in [0.29, 0.717) is 5.92 Å². The molecular formula is C15H27N3S. The molecule has 0 bridgehead atoms. The lowest BCUT2D eigenvalue weighted by molar-refractivity contribution is 0.413. The van der Waals surface area contributed by atoms with E-state index in [1.807, 2.05) is 11.3 Å². The fourth-order valence-corrected chi connectivity index (χ4v) is 3.11. The number of hydrogen-bond donors (Lipinski definition) is 1. The fraction of sp³-hybridized carbons (Fsp3) is 0.800. The van der Waals surface area contributed by atoms with E-state index in [9.17, 15) is 0 Å². The van der Waals surface area contributed by atoms with E-state index in [2.05, 4.69) is 38.2 Å². The third-order valence-corrected chi connectivity index (χ3v) is 4.48. The van der Waals surface area contributed by atoms with Gasteiger partial charge in [-0.2, -0.15) is 0 Å². The second-order valence-corrected chi connectivity index (χ2v) is 7.45. The smallest absolute Gasteiger partial charge is 0.0944 e. The van der Waals surface area contributed by atoms with Crippen LogP contribution in [-0.4, -0.2) is 36.6 Å². The molecule has 1 heterocycles. The second kappa shape index (κ2) is 6.82. The van der Waals surface area contributed by atoms with Crippen molar-refractivity contribution >= 4 is 11.3 Å². The number of thiazole rings is 1. The largest absolute Gasteiger partial charge is 0.309 e. The first-order valence-corrected chi connectivity index (χ1v) is 8.21. The Morgan fingerprint density at radius 3 is 2.68 bits per heavy atom. The molecule has 19 heavy (non-hydrogen) atoms. The molecule has 0 spiro atoms. The van der Waals surface area contributed by atoms with Crippen molar-refractivity contribution in [1.82, 2.24) is 15.2 Å². The molecule has 4 heteroatoms. The summed E-state index contributed by atoms with van der Waals surface area (Å²) in [6.45, 7) is 6.66. The summed E-state index contributed by atoms with van der Waals surface area (Å²) >= 11 is 1.91. The summed E-state index contributed by atoms with van der Waals surface area (Å²) in [7, 11) is 4.25. The maximum absolute atomic E-state index is 4.87. The maximum Gasteiger partial charge on any atom is 0.0944 e. The molecule has 0 radical (unpaired) electrons. The SMILES string of the molecule is CC(C)Cc1nc(CCN(C)C)sc1CNC1CC1. The van der Waals surface area contributed by atoms with Gasteiger partial charge in [0.05, 0.1) is 10.7 Å². The molecule has 1 aromatic rings. The number of nitrogens with one attached hydrogen (secondary N) is 1. The molecule has 0 atom stereocenters. The standard InChI is InChI=1S/C15H27N3S/c1-11(2)9-13-14(10-16-12-5-6-12)19-15(17-13)7-8-18(3)4/h11-12,16H,5-10H2,1-4H3. The highest BCUT2D eigenvalue weighted by Gasteiger charge is 2.21. The quantitative estimate of drug-likeness (QED) is 0.794. The predicted octanol–water partition coefficient (Wildman–Crippen LogP) is 2.70. The molecule has 1 N–H and O–H groups in total. The number of aromatic nitrogens is 1. The van der Waals surface area contributed by atoms with E-state index < -0.39 is 0 Å². The van der Waals surface area contributed by atoms with Gasteiger partial charge in [-0.3, -0.25) is 0 Å². The lowest BCUT2D eigenvalue weighted by Gasteiger charge is -2.06. The molecule has 108 valence electrons. The van der Waals surface area contributed by atoms with Gasteiger partial charge in [0.1, 0.15) is 0 Å². The highest BCUT2D eigenvalue weighted by Crippen LogP contribution is 2.24. The first-order valence-electron chi connectivity index (χ1n) is 7.40. The van der Waals surface area contributed by atoms with E-state index in [-0.39, 0.29) is 0 Å². The Morgan fingerprint density at radius 2 is 2.11 bits per heavy atom. The van der Waals surface area contributed by atoms with E-state index in [1.54, 1.807) is 0 Å². The molecule has 1 aliphatic rings. The Hall–Kier alpha value is -0.450. The molecule has 1 saturated carbocycles. The highest BCUT2D eigenvalue weighted by molar-refractivity contribution is 7.11. The van der Waals surface area contributed by atoms with Crippen LogP contribution in [0.3, 0.4) is 0 Å². The fourth-order valence-electron chi connectivity index (χ4n) is 2.07. The van der Waals surface area contributed by atoms with Gasteiger partial charge in [-0.1, -0.05) is 13.8 Å². The summed E-state index contributed by atoms with van der Waals surface area (Å²) in [6, 6.07) is 0.777. The van der Waals surface area contributed by atoms with Gasteiger partial charge in [-0.15, -0.1) is 11.3 Å². The molecule has 0 saturated heterocycles. The zero-order valence-corrected chi connectivity index (χ0v) is 13.5. The van der Waals surface area contributed by atoms with Gasteiger partial charge in [-0.05, 0) is 39.3 Å². The number of nitrogens with zero attached hydrogens (tertiary/aromatic N) is 2. The average Bonchev–Trinajstić information content (AvgIpc) is 3.07. The van der Waals surface area contributed by atoms with Crippen molar-refractivity contribution in [1.29, 1.82) is 0 Å². The van der Waals surface area contributed by atoms with Crippen LogP contribution in [0, 0.1) is 5.92 Å². The van der Waals surface area contributed by atoms with E-state index in [1.165, 1.54) is 28.4 Å². The van der Waals surface area contributed by atoms with Gasteiger partial charge in [0.25, 0.3) is 0 Å². The Balaban J connectivity index is 1.98. The summed E-state index contributed by atoms with van der Waals surface area (Å²) in [5.74, 6) is 0.684. The number of rotatable bonds is 8. The Labute approximate surface area is 121 Å². The van der Waals surface area contributed by atoms with Crippen LogP contribution < -0.4 is 5.32 Å². The van der Waals surface area contributed by atoms with Crippen LogP contribution in [-0.2, 0) is 19.4 Å². The molecule has 2 rings (SSSR count). The molecule has 1 aromatic heterocycles. The van der Waals surface area contributed by atoms with Crippen molar-refractivity contribution in [3.8, 4) is 0 Å². The number of hydrogen-bond acceptors (Lipinski definition) is 4.